The minimum atomic E-state index is 0.0489. The molecule has 1 aromatic carbocycles. The molecular formula is C14H21Cl2N. The normalized spacial score (nSPS) is 12.7. The minimum absolute atomic E-state index is 0.0489. The Morgan fingerprint density at radius 1 is 1.00 bits per heavy atom. The topological polar surface area (TPSA) is 26.0 Å². The molecule has 0 radical (unpaired) electrons. The van der Waals surface area contributed by atoms with Gasteiger partial charge in [0.1, 0.15) is 0 Å². The second-order valence-corrected chi connectivity index (χ2v) is 5.39. The zero-order valence-corrected chi connectivity index (χ0v) is 11.9. The van der Waals surface area contributed by atoms with E-state index in [4.69, 9.17) is 28.9 Å². The molecule has 3 heteroatoms. The summed E-state index contributed by atoms with van der Waals surface area (Å²) in [5.41, 5.74) is 7.17. The van der Waals surface area contributed by atoms with Crippen LogP contribution in [-0.2, 0) is 0 Å². The summed E-state index contributed by atoms with van der Waals surface area (Å²) >= 11 is 11.9. The van der Waals surface area contributed by atoms with Gasteiger partial charge in [-0.05, 0) is 30.2 Å². The van der Waals surface area contributed by atoms with Gasteiger partial charge in [0, 0.05) is 16.1 Å². The monoisotopic (exact) mass is 273 g/mol. The fourth-order valence-electron chi connectivity index (χ4n) is 1.92. The summed E-state index contributed by atoms with van der Waals surface area (Å²) in [5, 5.41) is 1.32. The zero-order valence-electron chi connectivity index (χ0n) is 10.4. The highest BCUT2D eigenvalue weighted by atomic mass is 35.5. The Morgan fingerprint density at radius 2 is 1.59 bits per heavy atom. The van der Waals surface area contributed by atoms with E-state index in [2.05, 4.69) is 6.92 Å². The van der Waals surface area contributed by atoms with Crippen molar-refractivity contribution in [2.24, 2.45) is 5.73 Å². The Morgan fingerprint density at radius 3 is 2.18 bits per heavy atom. The molecule has 1 rings (SSSR count). The molecule has 0 bridgehead atoms. The van der Waals surface area contributed by atoms with E-state index in [9.17, 15) is 0 Å². The van der Waals surface area contributed by atoms with Crippen molar-refractivity contribution in [1.82, 2.24) is 0 Å². The highest BCUT2D eigenvalue weighted by Gasteiger charge is 2.07. The predicted octanol–water partition coefficient (Wildman–Crippen LogP) is 5.35. The summed E-state index contributed by atoms with van der Waals surface area (Å²) in [7, 11) is 0. The molecule has 0 aliphatic carbocycles. The van der Waals surface area contributed by atoms with Crippen LogP contribution >= 0.6 is 23.2 Å². The van der Waals surface area contributed by atoms with Gasteiger partial charge in [0.05, 0.1) is 0 Å². The molecule has 2 N–H and O–H groups in total. The van der Waals surface area contributed by atoms with Crippen LogP contribution in [0.4, 0.5) is 0 Å². The molecule has 0 amide bonds. The molecular weight excluding hydrogens is 253 g/mol. The SMILES string of the molecule is CCCCCCCC(N)c1cc(Cl)cc(Cl)c1. The lowest BCUT2D eigenvalue weighted by Crippen LogP contribution is -2.10. The van der Waals surface area contributed by atoms with Crippen LogP contribution in [0.2, 0.25) is 10.0 Å². The van der Waals surface area contributed by atoms with E-state index in [-0.39, 0.29) is 6.04 Å². The number of rotatable bonds is 7. The first-order valence-electron chi connectivity index (χ1n) is 6.35. The summed E-state index contributed by atoms with van der Waals surface area (Å²) < 4.78 is 0. The van der Waals surface area contributed by atoms with Gasteiger partial charge in [-0.1, -0.05) is 62.2 Å². The fourth-order valence-corrected chi connectivity index (χ4v) is 2.47. The molecule has 0 saturated carbocycles. The maximum Gasteiger partial charge on any atom is 0.0424 e. The molecule has 0 spiro atoms. The molecule has 0 aliphatic rings. The van der Waals surface area contributed by atoms with Crippen LogP contribution in [0.25, 0.3) is 0 Å². The Kier molecular flexibility index (Phi) is 6.94. The standard InChI is InChI=1S/C14H21Cl2N/c1-2-3-4-5-6-7-14(17)11-8-12(15)10-13(16)9-11/h8-10,14H,2-7,17H2,1H3. The van der Waals surface area contributed by atoms with Crippen molar-refractivity contribution < 1.29 is 0 Å². The third-order valence-electron chi connectivity index (χ3n) is 2.93. The number of hydrogen-bond acceptors (Lipinski definition) is 1. The summed E-state index contributed by atoms with van der Waals surface area (Å²) in [6.07, 6.45) is 7.33. The first-order valence-corrected chi connectivity index (χ1v) is 7.10. The number of benzene rings is 1. The van der Waals surface area contributed by atoms with Gasteiger partial charge in [0.2, 0.25) is 0 Å². The van der Waals surface area contributed by atoms with Gasteiger partial charge in [-0.3, -0.25) is 0 Å². The maximum atomic E-state index is 6.13. The van der Waals surface area contributed by atoms with Crippen molar-refractivity contribution >= 4 is 23.2 Å². The van der Waals surface area contributed by atoms with Crippen LogP contribution in [0.1, 0.15) is 57.1 Å². The van der Waals surface area contributed by atoms with Crippen molar-refractivity contribution in [3.8, 4) is 0 Å². The van der Waals surface area contributed by atoms with E-state index in [1.165, 1.54) is 32.1 Å². The first kappa shape index (κ1) is 14.8. The summed E-state index contributed by atoms with van der Waals surface area (Å²) in [6.45, 7) is 2.22. The second-order valence-electron chi connectivity index (χ2n) is 4.51. The number of hydrogen-bond donors (Lipinski definition) is 1. The Labute approximate surface area is 114 Å². The molecule has 1 atom stereocenters. The molecule has 1 nitrogen and oxygen atoms in total. The number of nitrogens with two attached hydrogens (primary N) is 1. The van der Waals surface area contributed by atoms with Crippen LogP contribution in [0, 0.1) is 0 Å². The Balaban J connectivity index is 2.38. The first-order chi connectivity index (χ1) is 8.13. The highest BCUT2D eigenvalue weighted by molar-refractivity contribution is 6.34. The number of unbranched alkanes of at least 4 members (excludes halogenated alkanes) is 4. The smallest absolute Gasteiger partial charge is 0.0424 e. The quantitative estimate of drug-likeness (QED) is 0.666. The van der Waals surface area contributed by atoms with Crippen molar-refractivity contribution in [2.45, 2.75) is 51.5 Å². The van der Waals surface area contributed by atoms with E-state index < -0.39 is 0 Å². The van der Waals surface area contributed by atoms with E-state index in [0.29, 0.717) is 10.0 Å². The molecule has 0 aliphatic heterocycles. The number of halogens is 2. The van der Waals surface area contributed by atoms with Crippen molar-refractivity contribution in [3.05, 3.63) is 33.8 Å². The predicted molar refractivity (Wildman–Crippen MR) is 76.8 cm³/mol. The average molecular weight is 274 g/mol. The fraction of sp³-hybridized carbons (Fsp3) is 0.571. The summed E-state index contributed by atoms with van der Waals surface area (Å²) in [5.74, 6) is 0. The Hall–Kier alpha value is -0.240. The van der Waals surface area contributed by atoms with E-state index in [1.807, 2.05) is 12.1 Å². The van der Waals surface area contributed by atoms with Gasteiger partial charge < -0.3 is 5.73 Å². The van der Waals surface area contributed by atoms with Gasteiger partial charge in [0.25, 0.3) is 0 Å². The minimum Gasteiger partial charge on any atom is -0.324 e. The molecule has 17 heavy (non-hydrogen) atoms. The van der Waals surface area contributed by atoms with Gasteiger partial charge >= 0.3 is 0 Å². The van der Waals surface area contributed by atoms with Crippen molar-refractivity contribution in [2.75, 3.05) is 0 Å². The molecule has 0 saturated heterocycles. The molecule has 1 aromatic rings. The van der Waals surface area contributed by atoms with Crippen LogP contribution in [0.15, 0.2) is 18.2 Å². The van der Waals surface area contributed by atoms with Gasteiger partial charge in [-0.2, -0.15) is 0 Å². The van der Waals surface area contributed by atoms with Gasteiger partial charge in [-0.25, -0.2) is 0 Å². The van der Waals surface area contributed by atoms with Gasteiger partial charge in [-0.15, -0.1) is 0 Å². The van der Waals surface area contributed by atoms with Crippen LogP contribution in [0.5, 0.6) is 0 Å². The third-order valence-corrected chi connectivity index (χ3v) is 3.37. The van der Waals surface area contributed by atoms with E-state index in [0.717, 1.165) is 12.0 Å². The summed E-state index contributed by atoms with van der Waals surface area (Å²) in [4.78, 5) is 0. The Bertz CT molecular complexity index is 319. The molecule has 0 fully saturated rings. The van der Waals surface area contributed by atoms with Crippen molar-refractivity contribution in [3.63, 3.8) is 0 Å². The lowest BCUT2D eigenvalue weighted by Gasteiger charge is -2.12. The second kappa shape index (κ2) is 7.97. The van der Waals surface area contributed by atoms with Crippen LogP contribution in [0.3, 0.4) is 0 Å². The lowest BCUT2D eigenvalue weighted by atomic mass is 10.0. The summed E-state index contributed by atoms with van der Waals surface area (Å²) in [6, 6.07) is 5.60. The third kappa shape index (κ3) is 5.76. The van der Waals surface area contributed by atoms with Crippen molar-refractivity contribution in [1.29, 1.82) is 0 Å². The largest absolute Gasteiger partial charge is 0.324 e. The average Bonchev–Trinajstić information content (AvgIpc) is 2.27. The molecule has 0 heterocycles. The zero-order chi connectivity index (χ0) is 12.7. The van der Waals surface area contributed by atoms with E-state index >= 15 is 0 Å². The van der Waals surface area contributed by atoms with Crippen LogP contribution in [-0.4, -0.2) is 0 Å². The molecule has 0 aromatic heterocycles. The van der Waals surface area contributed by atoms with Crippen LogP contribution < -0.4 is 5.73 Å². The molecule has 96 valence electrons. The highest BCUT2D eigenvalue weighted by Crippen LogP contribution is 2.25. The maximum absolute atomic E-state index is 6.13. The van der Waals surface area contributed by atoms with E-state index in [1.54, 1.807) is 6.07 Å². The molecule has 1 unspecified atom stereocenters. The van der Waals surface area contributed by atoms with Gasteiger partial charge in [0.15, 0.2) is 0 Å². The lowest BCUT2D eigenvalue weighted by molar-refractivity contribution is 0.555.